The third-order valence-electron chi connectivity index (χ3n) is 4.20. The molecule has 6 nitrogen and oxygen atoms in total. The molecule has 0 aromatic carbocycles. The molecule has 22 heavy (non-hydrogen) atoms. The smallest absolute Gasteiger partial charge is 0.321 e. The average Bonchev–Trinajstić information content (AvgIpc) is 3.00. The normalized spacial score (nSPS) is 17.2. The fourth-order valence-corrected chi connectivity index (χ4v) is 2.67. The highest BCUT2D eigenvalue weighted by atomic mass is 16.3. The minimum absolute atomic E-state index is 0.192. The van der Waals surface area contributed by atoms with Crippen LogP contribution in [0, 0.1) is 0 Å². The molecule has 2 rings (SSSR count). The summed E-state index contributed by atoms with van der Waals surface area (Å²) in [7, 11) is 1.83. The Balaban J connectivity index is 1.76. The van der Waals surface area contributed by atoms with E-state index in [9.17, 15) is 9.59 Å². The van der Waals surface area contributed by atoms with Crippen molar-refractivity contribution < 1.29 is 14.0 Å². The van der Waals surface area contributed by atoms with E-state index < -0.39 is 12.1 Å². The maximum atomic E-state index is 12.1. The zero-order chi connectivity index (χ0) is 15.9. The summed E-state index contributed by atoms with van der Waals surface area (Å²) in [5.41, 5.74) is 0. The zero-order valence-electron chi connectivity index (χ0n) is 13.3. The Morgan fingerprint density at radius 3 is 2.73 bits per heavy atom. The molecule has 1 aliphatic rings. The van der Waals surface area contributed by atoms with Crippen molar-refractivity contribution in [2.75, 3.05) is 7.05 Å². The molecule has 1 saturated carbocycles. The molecule has 0 radical (unpaired) electrons. The number of furan rings is 1. The number of likely N-dealkylation sites (N-methyl/N-ethyl adjacent to an activating group) is 1. The molecule has 1 aliphatic carbocycles. The molecule has 1 atom stereocenters. The van der Waals surface area contributed by atoms with E-state index >= 15 is 0 Å². The highest BCUT2D eigenvalue weighted by Gasteiger charge is 2.22. The first kappa shape index (κ1) is 16.5. The first-order chi connectivity index (χ1) is 10.6. The van der Waals surface area contributed by atoms with Gasteiger partial charge in [0, 0.05) is 6.04 Å². The maximum Gasteiger partial charge on any atom is 0.321 e. The first-order valence-electron chi connectivity index (χ1n) is 7.90. The second-order valence-corrected chi connectivity index (χ2v) is 5.97. The van der Waals surface area contributed by atoms with E-state index in [0.29, 0.717) is 6.54 Å². The van der Waals surface area contributed by atoms with Crippen LogP contribution in [0.5, 0.6) is 0 Å². The van der Waals surface area contributed by atoms with Gasteiger partial charge in [0.25, 0.3) is 0 Å². The predicted molar refractivity (Wildman–Crippen MR) is 83.2 cm³/mol. The molecule has 1 heterocycles. The molecule has 1 aromatic rings. The van der Waals surface area contributed by atoms with E-state index in [-0.39, 0.29) is 11.9 Å². The Labute approximate surface area is 131 Å². The number of urea groups is 1. The Morgan fingerprint density at radius 1 is 1.36 bits per heavy atom. The first-order valence-corrected chi connectivity index (χ1v) is 7.90. The van der Waals surface area contributed by atoms with Gasteiger partial charge in [0.2, 0.25) is 5.91 Å². The number of amides is 3. The molecule has 2 N–H and O–H groups in total. The number of carbonyl (C=O) groups is 2. The summed E-state index contributed by atoms with van der Waals surface area (Å²) in [6.45, 7) is 2.29. The number of rotatable bonds is 5. The topological polar surface area (TPSA) is 74.6 Å². The molecule has 1 fully saturated rings. The monoisotopic (exact) mass is 307 g/mol. The summed E-state index contributed by atoms with van der Waals surface area (Å²) in [5, 5.41) is 5.31. The van der Waals surface area contributed by atoms with Crippen LogP contribution in [-0.4, -0.2) is 36.0 Å². The minimum atomic E-state index is -0.415. The molecule has 0 bridgehead atoms. The SMILES string of the molecule is CC(C(=O)NC(=O)NC1CCCCC1)N(C)Cc1ccco1. The van der Waals surface area contributed by atoms with Crippen molar-refractivity contribution in [3.8, 4) is 0 Å². The summed E-state index contributed by atoms with van der Waals surface area (Å²) in [5.74, 6) is 0.483. The van der Waals surface area contributed by atoms with Gasteiger partial charge >= 0.3 is 6.03 Å². The summed E-state index contributed by atoms with van der Waals surface area (Å²) in [6.07, 6.45) is 7.10. The third kappa shape index (κ3) is 4.87. The zero-order valence-corrected chi connectivity index (χ0v) is 13.3. The van der Waals surface area contributed by atoms with Gasteiger partial charge in [0.05, 0.1) is 18.8 Å². The lowest BCUT2D eigenvalue weighted by molar-refractivity contribution is -0.124. The summed E-state index contributed by atoms with van der Waals surface area (Å²) in [4.78, 5) is 25.8. The summed E-state index contributed by atoms with van der Waals surface area (Å²) < 4.78 is 5.26. The number of nitrogens with zero attached hydrogens (tertiary/aromatic N) is 1. The Morgan fingerprint density at radius 2 is 2.09 bits per heavy atom. The van der Waals surface area contributed by atoms with E-state index in [4.69, 9.17) is 4.42 Å². The maximum absolute atomic E-state index is 12.1. The third-order valence-corrected chi connectivity index (χ3v) is 4.20. The van der Waals surface area contributed by atoms with Gasteiger partial charge < -0.3 is 9.73 Å². The molecule has 1 aromatic heterocycles. The van der Waals surface area contributed by atoms with Crippen LogP contribution >= 0.6 is 0 Å². The molecular formula is C16H25N3O3. The molecule has 0 aliphatic heterocycles. The van der Waals surface area contributed by atoms with Gasteiger partial charge in [0.1, 0.15) is 5.76 Å². The van der Waals surface area contributed by atoms with E-state index in [1.807, 2.05) is 24.1 Å². The van der Waals surface area contributed by atoms with Gasteiger partial charge in [-0.2, -0.15) is 0 Å². The minimum Gasteiger partial charge on any atom is -0.468 e. The van der Waals surface area contributed by atoms with E-state index in [1.54, 1.807) is 13.2 Å². The largest absolute Gasteiger partial charge is 0.468 e. The Hall–Kier alpha value is -1.82. The van der Waals surface area contributed by atoms with Crippen LogP contribution in [0.3, 0.4) is 0 Å². The molecule has 6 heteroatoms. The van der Waals surface area contributed by atoms with Crippen LogP contribution < -0.4 is 10.6 Å². The van der Waals surface area contributed by atoms with Crippen LogP contribution in [-0.2, 0) is 11.3 Å². The van der Waals surface area contributed by atoms with Crippen molar-refractivity contribution in [1.82, 2.24) is 15.5 Å². The highest BCUT2D eigenvalue weighted by molar-refractivity contribution is 5.96. The van der Waals surface area contributed by atoms with Crippen LogP contribution in [0.25, 0.3) is 0 Å². The van der Waals surface area contributed by atoms with E-state index in [1.165, 1.54) is 6.42 Å². The molecule has 0 spiro atoms. The number of carbonyl (C=O) groups excluding carboxylic acids is 2. The average molecular weight is 307 g/mol. The van der Waals surface area contributed by atoms with Crippen LogP contribution in [0.1, 0.15) is 44.8 Å². The lowest BCUT2D eigenvalue weighted by atomic mass is 9.96. The van der Waals surface area contributed by atoms with Crippen molar-refractivity contribution >= 4 is 11.9 Å². The van der Waals surface area contributed by atoms with Gasteiger partial charge in [-0.3, -0.25) is 15.0 Å². The second kappa shape index (κ2) is 7.98. The second-order valence-electron chi connectivity index (χ2n) is 5.97. The van der Waals surface area contributed by atoms with Crippen LogP contribution in [0.4, 0.5) is 4.79 Å². The van der Waals surface area contributed by atoms with Crippen LogP contribution in [0.2, 0.25) is 0 Å². The highest BCUT2D eigenvalue weighted by Crippen LogP contribution is 2.17. The molecule has 3 amide bonds. The molecular weight excluding hydrogens is 282 g/mol. The van der Waals surface area contributed by atoms with Gasteiger partial charge in [0.15, 0.2) is 0 Å². The van der Waals surface area contributed by atoms with E-state index in [2.05, 4.69) is 10.6 Å². The van der Waals surface area contributed by atoms with Crippen molar-refractivity contribution in [1.29, 1.82) is 0 Å². The molecule has 1 unspecified atom stereocenters. The fourth-order valence-electron chi connectivity index (χ4n) is 2.67. The number of imide groups is 1. The number of hydrogen-bond donors (Lipinski definition) is 2. The van der Waals surface area contributed by atoms with Gasteiger partial charge in [-0.05, 0) is 38.9 Å². The van der Waals surface area contributed by atoms with Gasteiger partial charge in [-0.15, -0.1) is 0 Å². The van der Waals surface area contributed by atoms with Crippen molar-refractivity contribution in [3.63, 3.8) is 0 Å². The standard InChI is InChI=1S/C16H25N3O3/c1-12(19(2)11-14-9-6-10-22-14)15(20)18-16(21)17-13-7-4-3-5-8-13/h6,9-10,12-13H,3-5,7-8,11H2,1-2H3,(H2,17,18,20,21). The number of nitrogens with one attached hydrogen (secondary N) is 2. The lowest BCUT2D eigenvalue weighted by Crippen LogP contribution is -2.50. The molecule has 0 saturated heterocycles. The lowest BCUT2D eigenvalue weighted by Gasteiger charge is -2.25. The van der Waals surface area contributed by atoms with Gasteiger partial charge in [-0.25, -0.2) is 4.79 Å². The summed E-state index contributed by atoms with van der Waals surface area (Å²) in [6, 6.07) is 3.05. The van der Waals surface area contributed by atoms with Gasteiger partial charge in [-0.1, -0.05) is 19.3 Å². The predicted octanol–water partition coefficient (Wildman–Crippen LogP) is 2.26. The summed E-state index contributed by atoms with van der Waals surface area (Å²) >= 11 is 0. The Kier molecular flexibility index (Phi) is 6.00. The number of hydrogen-bond acceptors (Lipinski definition) is 4. The Bertz CT molecular complexity index is 481. The van der Waals surface area contributed by atoms with E-state index in [0.717, 1.165) is 31.4 Å². The molecule has 122 valence electrons. The fraction of sp³-hybridized carbons (Fsp3) is 0.625. The van der Waals surface area contributed by atoms with Crippen LogP contribution in [0.15, 0.2) is 22.8 Å². The quantitative estimate of drug-likeness (QED) is 0.875. The van der Waals surface area contributed by atoms with Crippen molar-refractivity contribution in [2.24, 2.45) is 0 Å². The van der Waals surface area contributed by atoms with Crippen molar-refractivity contribution in [3.05, 3.63) is 24.2 Å². The van der Waals surface area contributed by atoms with Crippen molar-refractivity contribution in [2.45, 2.75) is 57.7 Å².